The van der Waals surface area contributed by atoms with E-state index in [0.29, 0.717) is 12.0 Å². The SMILES string of the molecule is CCC1CCCCN1c1nc(C)c(CNCC(C)C)s1. The largest absolute Gasteiger partial charge is 0.345 e. The summed E-state index contributed by atoms with van der Waals surface area (Å²) in [7, 11) is 0. The Morgan fingerprint density at radius 1 is 1.40 bits per heavy atom. The molecule has 1 atom stereocenters. The Kier molecular flexibility index (Phi) is 5.85. The van der Waals surface area contributed by atoms with Crippen LogP contribution in [0.25, 0.3) is 0 Å². The molecule has 1 N–H and O–H groups in total. The highest BCUT2D eigenvalue weighted by Gasteiger charge is 2.24. The molecule has 20 heavy (non-hydrogen) atoms. The van der Waals surface area contributed by atoms with Crippen molar-refractivity contribution in [3.63, 3.8) is 0 Å². The zero-order chi connectivity index (χ0) is 14.5. The molecule has 0 aromatic carbocycles. The predicted molar refractivity (Wildman–Crippen MR) is 88.7 cm³/mol. The van der Waals surface area contributed by atoms with Crippen molar-refractivity contribution in [3.8, 4) is 0 Å². The molecule has 1 fully saturated rings. The molecule has 1 unspecified atom stereocenters. The lowest BCUT2D eigenvalue weighted by molar-refractivity contribution is 0.449. The molecule has 0 amide bonds. The Morgan fingerprint density at radius 3 is 2.90 bits per heavy atom. The summed E-state index contributed by atoms with van der Waals surface area (Å²) in [6.07, 6.45) is 5.26. The summed E-state index contributed by atoms with van der Waals surface area (Å²) in [5, 5.41) is 4.78. The van der Waals surface area contributed by atoms with Gasteiger partial charge in [-0.05, 0) is 45.1 Å². The van der Waals surface area contributed by atoms with Crippen molar-refractivity contribution in [2.24, 2.45) is 5.92 Å². The van der Waals surface area contributed by atoms with Crippen LogP contribution >= 0.6 is 11.3 Å². The highest BCUT2D eigenvalue weighted by Crippen LogP contribution is 2.31. The number of piperidine rings is 1. The highest BCUT2D eigenvalue weighted by atomic mass is 32.1. The van der Waals surface area contributed by atoms with Gasteiger partial charge in [-0.25, -0.2) is 4.98 Å². The lowest BCUT2D eigenvalue weighted by Gasteiger charge is -2.35. The van der Waals surface area contributed by atoms with Crippen LogP contribution in [0.5, 0.6) is 0 Å². The van der Waals surface area contributed by atoms with E-state index in [1.807, 2.05) is 11.3 Å². The summed E-state index contributed by atoms with van der Waals surface area (Å²) in [5.74, 6) is 0.703. The highest BCUT2D eigenvalue weighted by molar-refractivity contribution is 7.15. The van der Waals surface area contributed by atoms with Gasteiger partial charge >= 0.3 is 0 Å². The molecule has 0 spiro atoms. The van der Waals surface area contributed by atoms with E-state index in [1.54, 1.807) is 0 Å². The van der Waals surface area contributed by atoms with Gasteiger partial charge in [0.25, 0.3) is 0 Å². The molecular formula is C16H29N3S. The van der Waals surface area contributed by atoms with Gasteiger partial charge in [0.05, 0.1) is 5.69 Å². The summed E-state index contributed by atoms with van der Waals surface area (Å²) < 4.78 is 0. The van der Waals surface area contributed by atoms with E-state index < -0.39 is 0 Å². The molecule has 0 radical (unpaired) electrons. The Balaban J connectivity index is 2.01. The summed E-state index contributed by atoms with van der Waals surface area (Å²) in [4.78, 5) is 8.79. The molecule has 1 aliphatic rings. The number of anilines is 1. The number of rotatable bonds is 6. The molecule has 0 saturated carbocycles. The van der Waals surface area contributed by atoms with Gasteiger partial charge in [0.1, 0.15) is 0 Å². The topological polar surface area (TPSA) is 28.2 Å². The van der Waals surface area contributed by atoms with Crippen LogP contribution in [-0.2, 0) is 6.54 Å². The van der Waals surface area contributed by atoms with E-state index in [9.17, 15) is 0 Å². The van der Waals surface area contributed by atoms with Gasteiger partial charge < -0.3 is 10.2 Å². The predicted octanol–water partition coefficient (Wildman–Crippen LogP) is 3.97. The van der Waals surface area contributed by atoms with Crippen molar-refractivity contribution in [1.82, 2.24) is 10.3 Å². The molecular weight excluding hydrogens is 266 g/mol. The number of hydrogen-bond acceptors (Lipinski definition) is 4. The van der Waals surface area contributed by atoms with Gasteiger partial charge in [-0.3, -0.25) is 0 Å². The van der Waals surface area contributed by atoms with Gasteiger partial charge in [0, 0.05) is 24.0 Å². The van der Waals surface area contributed by atoms with E-state index in [1.165, 1.54) is 47.9 Å². The summed E-state index contributed by atoms with van der Waals surface area (Å²) in [5.41, 5.74) is 1.21. The van der Waals surface area contributed by atoms with Gasteiger partial charge in [0.2, 0.25) is 0 Å². The number of nitrogens with one attached hydrogen (secondary N) is 1. The molecule has 2 heterocycles. The molecule has 114 valence electrons. The van der Waals surface area contributed by atoms with Crippen LogP contribution in [0, 0.1) is 12.8 Å². The third-order valence-corrected chi connectivity index (χ3v) is 5.26. The van der Waals surface area contributed by atoms with E-state index >= 15 is 0 Å². The first-order valence-electron chi connectivity index (χ1n) is 8.05. The molecule has 0 bridgehead atoms. The quantitative estimate of drug-likeness (QED) is 0.861. The maximum atomic E-state index is 4.83. The number of aryl methyl sites for hydroxylation is 1. The fourth-order valence-electron chi connectivity index (χ4n) is 2.85. The zero-order valence-electron chi connectivity index (χ0n) is 13.4. The molecule has 1 saturated heterocycles. The lowest BCUT2D eigenvalue weighted by Crippen LogP contribution is -2.39. The summed E-state index contributed by atoms with van der Waals surface area (Å²) in [6.45, 7) is 12.2. The minimum Gasteiger partial charge on any atom is -0.345 e. The number of nitrogens with zero attached hydrogens (tertiary/aromatic N) is 2. The summed E-state index contributed by atoms with van der Waals surface area (Å²) >= 11 is 1.89. The standard InChI is InChI=1S/C16H29N3S/c1-5-14-8-6-7-9-19(14)16-18-13(4)15(20-16)11-17-10-12(2)3/h12,14,17H,5-11H2,1-4H3. The minimum absolute atomic E-state index is 0.700. The molecule has 4 heteroatoms. The Hall–Kier alpha value is -0.610. The van der Waals surface area contributed by atoms with Crippen LogP contribution < -0.4 is 10.2 Å². The monoisotopic (exact) mass is 295 g/mol. The molecule has 2 rings (SSSR count). The number of hydrogen-bond donors (Lipinski definition) is 1. The van der Waals surface area contributed by atoms with Crippen molar-refractivity contribution >= 4 is 16.5 Å². The van der Waals surface area contributed by atoms with Crippen molar-refractivity contribution in [2.45, 2.75) is 66.0 Å². The molecule has 0 aliphatic carbocycles. The van der Waals surface area contributed by atoms with Crippen molar-refractivity contribution in [3.05, 3.63) is 10.6 Å². The fraction of sp³-hybridized carbons (Fsp3) is 0.812. The van der Waals surface area contributed by atoms with Gasteiger partial charge in [-0.1, -0.05) is 20.8 Å². The Labute approximate surface area is 127 Å². The second-order valence-corrected chi connectivity index (χ2v) is 7.34. The molecule has 3 nitrogen and oxygen atoms in total. The van der Waals surface area contributed by atoms with E-state index in [-0.39, 0.29) is 0 Å². The van der Waals surface area contributed by atoms with Crippen molar-refractivity contribution in [2.75, 3.05) is 18.0 Å². The van der Waals surface area contributed by atoms with Crippen LogP contribution in [0.1, 0.15) is 57.0 Å². The summed E-state index contributed by atoms with van der Waals surface area (Å²) in [6, 6.07) is 0.700. The van der Waals surface area contributed by atoms with Gasteiger partial charge in [0.15, 0.2) is 5.13 Å². The number of aromatic nitrogens is 1. The first kappa shape index (κ1) is 15.8. The second-order valence-electron chi connectivity index (χ2n) is 6.28. The number of thiazole rings is 1. The first-order chi connectivity index (χ1) is 9.61. The third-order valence-electron chi connectivity index (χ3n) is 4.06. The van der Waals surface area contributed by atoms with Crippen LogP contribution in [0.4, 0.5) is 5.13 Å². The van der Waals surface area contributed by atoms with E-state index in [4.69, 9.17) is 4.98 Å². The minimum atomic E-state index is 0.700. The zero-order valence-corrected chi connectivity index (χ0v) is 14.2. The van der Waals surface area contributed by atoms with Crippen LogP contribution in [0.2, 0.25) is 0 Å². The van der Waals surface area contributed by atoms with Gasteiger partial charge in [-0.15, -0.1) is 11.3 Å². The molecule has 1 aromatic rings. The van der Waals surface area contributed by atoms with Gasteiger partial charge in [-0.2, -0.15) is 0 Å². The maximum absolute atomic E-state index is 4.83. The second kappa shape index (κ2) is 7.41. The van der Waals surface area contributed by atoms with Crippen molar-refractivity contribution < 1.29 is 0 Å². The molecule has 1 aliphatic heterocycles. The molecule has 1 aromatic heterocycles. The van der Waals surface area contributed by atoms with Crippen molar-refractivity contribution in [1.29, 1.82) is 0 Å². The van der Waals surface area contributed by atoms with E-state index in [2.05, 4.69) is 37.9 Å². The lowest BCUT2D eigenvalue weighted by atomic mass is 10.0. The Morgan fingerprint density at radius 2 is 2.20 bits per heavy atom. The normalized spacial score (nSPS) is 19.9. The van der Waals surface area contributed by atoms with Crippen LogP contribution in [0.3, 0.4) is 0 Å². The average molecular weight is 295 g/mol. The van der Waals surface area contributed by atoms with E-state index in [0.717, 1.165) is 13.1 Å². The third kappa shape index (κ3) is 3.95. The fourth-order valence-corrected chi connectivity index (χ4v) is 3.98. The van der Waals surface area contributed by atoms with Crippen LogP contribution in [-0.4, -0.2) is 24.1 Å². The Bertz CT molecular complexity index is 414. The first-order valence-corrected chi connectivity index (χ1v) is 8.87. The average Bonchev–Trinajstić information content (AvgIpc) is 2.80. The van der Waals surface area contributed by atoms with Crippen LogP contribution in [0.15, 0.2) is 0 Å². The maximum Gasteiger partial charge on any atom is 0.186 e. The smallest absolute Gasteiger partial charge is 0.186 e.